The minimum atomic E-state index is -0.788. The average molecular weight is 225 g/mol. The molecule has 0 aromatic heterocycles. The van der Waals surface area contributed by atoms with Gasteiger partial charge in [-0.25, -0.2) is 0 Å². The van der Waals surface area contributed by atoms with E-state index in [1.165, 1.54) is 7.11 Å². The highest BCUT2D eigenvalue weighted by Gasteiger charge is 2.26. The zero-order valence-electron chi connectivity index (χ0n) is 9.27. The Bertz CT molecular complexity index is 392. The van der Waals surface area contributed by atoms with Crippen LogP contribution in [0, 0.1) is 0 Å². The van der Waals surface area contributed by atoms with E-state index in [1.807, 2.05) is 0 Å². The summed E-state index contributed by atoms with van der Waals surface area (Å²) in [7, 11) is 1.52. The molecule has 16 heavy (non-hydrogen) atoms. The van der Waals surface area contributed by atoms with Gasteiger partial charge in [-0.3, -0.25) is 0 Å². The topological polar surface area (TPSA) is 73.9 Å². The lowest BCUT2D eigenvalue weighted by molar-refractivity contribution is 0.147. The fraction of sp³-hybridized carbons (Fsp3) is 0.455. The third kappa shape index (κ3) is 1.68. The van der Waals surface area contributed by atoms with Crippen LogP contribution in [-0.4, -0.2) is 25.1 Å². The van der Waals surface area contributed by atoms with E-state index in [1.54, 1.807) is 19.1 Å². The number of nitrogens with two attached hydrogens (primary N) is 1. The Hall–Kier alpha value is -1.46. The smallest absolute Gasteiger partial charge is 0.231 e. The van der Waals surface area contributed by atoms with E-state index < -0.39 is 6.10 Å². The van der Waals surface area contributed by atoms with Crippen molar-refractivity contribution in [1.82, 2.24) is 0 Å². The molecule has 2 unspecified atom stereocenters. The van der Waals surface area contributed by atoms with Gasteiger partial charge in [0, 0.05) is 11.6 Å². The van der Waals surface area contributed by atoms with Crippen molar-refractivity contribution in [2.75, 3.05) is 13.9 Å². The van der Waals surface area contributed by atoms with Crippen LogP contribution in [0.5, 0.6) is 17.2 Å². The molecule has 0 fully saturated rings. The van der Waals surface area contributed by atoms with Gasteiger partial charge in [-0.15, -0.1) is 0 Å². The quantitative estimate of drug-likeness (QED) is 0.796. The zero-order valence-corrected chi connectivity index (χ0v) is 9.27. The largest absolute Gasteiger partial charge is 0.492 e. The van der Waals surface area contributed by atoms with E-state index in [-0.39, 0.29) is 12.8 Å². The highest BCUT2D eigenvalue weighted by molar-refractivity contribution is 5.57. The number of benzene rings is 1. The second-order valence-corrected chi connectivity index (χ2v) is 3.73. The predicted octanol–water partition coefficient (Wildman–Crippen LogP) is 0.805. The lowest BCUT2D eigenvalue weighted by atomic mass is 10.0. The third-order valence-electron chi connectivity index (χ3n) is 2.54. The molecule has 5 heteroatoms. The summed E-state index contributed by atoms with van der Waals surface area (Å²) in [6.45, 7) is 1.90. The fourth-order valence-electron chi connectivity index (χ4n) is 1.69. The van der Waals surface area contributed by atoms with Gasteiger partial charge in [-0.1, -0.05) is 0 Å². The number of rotatable bonds is 3. The maximum Gasteiger partial charge on any atom is 0.231 e. The van der Waals surface area contributed by atoms with Gasteiger partial charge in [-0.05, 0) is 19.1 Å². The molecule has 1 heterocycles. The molecule has 0 saturated heterocycles. The van der Waals surface area contributed by atoms with E-state index in [2.05, 4.69) is 0 Å². The van der Waals surface area contributed by atoms with Crippen molar-refractivity contribution in [2.24, 2.45) is 5.73 Å². The summed E-state index contributed by atoms with van der Waals surface area (Å²) in [5, 5.41) is 9.94. The van der Waals surface area contributed by atoms with Crippen LogP contribution in [0.2, 0.25) is 0 Å². The first kappa shape index (κ1) is 11.0. The SMILES string of the molecule is COc1c(C(O)C(C)N)ccc2c1OCO2. The minimum absolute atomic E-state index is 0.170. The lowest BCUT2D eigenvalue weighted by Crippen LogP contribution is -2.24. The van der Waals surface area contributed by atoms with Gasteiger partial charge in [0.25, 0.3) is 0 Å². The lowest BCUT2D eigenvalue weighted by Gasteiger charge is -2.18. The van der Waals surface area contributed by atoms with Crippen LogP contribution in [0.4, 0.5) is 0 Å². The summed E-state index contributed by atoms with van der Waals surface area (Å²) in [4.78, 5) is 0. The predicted molar refractivity (Wildman–Crippen MR) is 57.7 cm³/mol. The van der Waals surface area contributed by atoms with E-state index >= 15 is 0 Å². The molecule has 2 rings (SSSR count). The maximum absolute atomic E-state index is 9.94. The van der Waals surface area contributed by atoms with E-state index in [0.717, 1.165) is 0 Å². The van der Waals surface area contributed by atoms with Gasteiger partial charge in [0.15, 0.2) is 11.5 Å². The monoisotopic (exact) mass is 225 g/mol. The summed E-state index contributed by atoms with van der Waals surface area (Å²) in [6, 6.07) is 3.10. The molecule has 5 nitrogen and oxygen atoms in total. The summed E-state index contributed by atoms with van der Waals surface area (Å²) in [5.74, 6) is 1.64. The summed E-state index contributed by atoms with van der Waals surface area (Å²) < 4.78 is 15.8. The molecule has 0 aliphatic carbocycles. The van der Waals surface area contributed by atoms with Crippen LogP contribution in [0.15, 0.2) is 12.1 Å². The van der Waals surface area contributed by atoms with Crippen molar-refractivity contribution in [2.45, 2.75) is 19.1 Å². The van der Waals surface area contributed by atoms with Crippen molar-refractivity contribution in [3.05, 3.63) is 17.7 Å². The van der Waals surface area contributed by atoms with Gasteiger partial charge >= 0.3 is 0 Å². The second-order valence-electron chi connectivity index (χ2n) is 3.73. The van der Waals surface area contributed by atoms with E-state index in [4.69, 9.17) is 19.9 Å². The molecule has 88 valence electrons. The number of fused-ring (bicyclic) bond motifs is 1. The Kier molecular flexibility index (Phi) is 2.89. The molecule has 1 aromatic rings. The van der Waals surface area contributed by atoms with Crippen LogP contribution in [0.25, 0.3) is 0 Å². The number of aliphatic hydroxyl groups excluding tert-OH is 1. The minimum Gasteiger partial charge on any atom is -0.492 e. The highest BCUT2D eigenvalue weighted by atomic mass is 16.7. The second kappa shape index (κ2) is 4.19. The Morgan fingerprint density at radius 1 is 1.44 bits per heavy atom. The van der Waals surface area contributed by atoms with Crippen molar-refractivity contribution in [3.63, 3.8) is 0 Å². The summed E-state index contributed by atoms with van der Waals surface area (Å²) >= 11 is 0. The first-order valence-corrected chi connectivity index (χ1v) is 5.05. The molecule has 0 spiro atoms. The molecule has 3 N–H and O–H groups in total. The maximum atomic E-state index is 9.94. The van der Waals surface area contributed by atoms with Gasteiger partial charge < -0.3 is 25.1 Å². The Morgan fingerprint density at radius 3 is 2.81 bits per heavy atom. The number of hydrogen-bond acceptors (Lipinski definition) is 5. The molecule has 1 aromatic carbocycles. The zero-order chi connectivity index (χ0) is 11.7. The Morgan fingerprint density at radius 2 is 2.19 bits per heavy atom. The van der Waals surface area contributed by atoms with Gasteiger partial charge in [0.1, 0.15) is 0 Å². The summed E-state index contributed by atoms with van der Waals surface area (Å²) in [6.07, 6.45) is -0.788. The van der Waals surface area contributed by atoms with Crippen molar-refractivity contribution in [1.29, 1.82) is 0 Å². The number of methoxy groups -OCH3 is 1. The number of aliphatic hydroxyl groups is 1. The molecule has 1 aliphatic rings. The van der Waals surface area contributed by atoms with Crippen molar-refractivity contribution < 1.29 is 19.3 Å². The van der Waals surface area contributed by atoms with Crippen LogP contribution in [-0.2, 0) is 0 Å². The molecule has 0 saturated carbocycles. The van der Waals surface area contributed by atoms with Crippen molar-refractivity contribution >= 4 is 0 Å². The molecule has 0 bridgehead atoms. The molecule has 0 radical (unpaired) electrons. The Balaban J connectivity index is 2.46. The van der Waals surface area contributed by atoms with Gasteiger partial charge in [-0.2, -0.15) is 0 Å². The molecular weight excluding hydrogens is 210 g/mol. The van der Waals surface area contributed by atoms with E-state index in [0.29, 0.717) is 22.8 Å². The highest BCUT2D eigenvalue weighted by Crippen LogP contribution is 2.45. The fourth-order valence-corrected chi connectivity index (χ4v) is 1.69. The Labute approximate surface area is 93.7 Å². The molecule has 2 atom stereocenters. The third-order valence-corrected chi connectivity index (χ3v) is 2.54. The molecule has 0 amide bonds. The number of hydrogen-bond donors (Lipinski definition) is 2. The van der Waals surface area contributed by atoms with Crippen LogP contribution in [0.3, 0.4) is 0 Å². The molecular formula is C11H15NO4. The standard InChI is InChI=1S/C11H15NO4/c1-6(12)9(13)7-3-4-8-11(10(7)14-2)16-5-15-8/h3-4,6,9,13H,5,12H2,1-2H3. The van der Waals surface area contributed by atoms with Gasteiger partial charge in [0.2, 0.25) is 12.5 Å². The van der Waals surface area contributed by atoms with Gasteiger partial charge in [0.05, 0.1) is 13.2 Å². The normalized spacial score (nSPS) is 17.0. The van der Waals surface area contributed by atoms with E-state index in [9.17, 15) is 5.11 Å². The average Bonchev–Trinajstić information content (AvgIpc) is 2.74. The van der Waals surface area contributed by atoms with Crippen molar-refractivity contribution in [3.8, 4) is 17.2 Å². The van der Waals surface area contributed by atoms with Crippen LogP contribution in [0.1, 0.15) is 18.6 Å². The van der Waals surface area contributed by atoms with Crippen LogP contribution < -0.4 is 19.9 Å². The number of ether oxygens (including phenoxy) is 3. The molecule has 1 aliphatic heterocycles. The van der Waals surface area contributed by atoms with Crippen LogP contribution >= 0.6 is 0 Å². The first-order valence-electron chi connectivity index (χ1n) is 5.05. The summed E-state index contributed by atoms with van der Waals surface area (Å²) in [5.41, 5.74) is 6.27. The first-order chi connectivity index (χ1) is 7.65.